The van der Waals surface area contributed by atoms with Gasteiger partial charge in [0.15, 0.2) is 11.7 Å². The number of rotatable bonds is 6. The minimum absolute atomic E-state index is 0.0439. The molecule has 0 saturated heterocycles. The maximum Gasteiger partial charge on any atom is 0.327 e. The van der Waals surface area contributed by atoms with E-state index < -0.39 is 11.9 Å². The summed E-state index contributed by atoms with van der Waals surface area (Å²) in [5, 5.41) is 5.63. The SMILES string of the molecule is CCOC(=O)C1C(=[N+]=[N-])C=C(OC)C(NC(=O)c2ccccc2)=C1NC. The van der Waals surface area contributed by atoms with Gasteiger partial charge in [0, 0.05) is 12.6 Å². The van der Waals surface area contributed by atoms with E-state index in [0.717, 1.165) is 0 Å². The molecule has 1 aromatic carbocycles. The number of hydrogen-bond donors (Lipinski definition) is 2. The van der Waals surface area contributed by atoms with Crippen molar-refractivity contribution < 1.29 is 23.9 Å². The average Bonchev–Trinajstić information content (AvgIpc) is 2.67. The van der Waals surface area contributed by atoms with Crippen LogP contribution < -0.4 is 10.6 Å². The second-order valence-electron chi connectivity index (χ2n) is 5.28. The molecule has 2 rings (SSSR count). The smallest absolute Gasteiger partial charge is 0.327 e. The highest BCUT2D eigenvalue weighted by Crippen LogP contribution is 2.26. The van der Waals surface area contributed by atoms with Gasteiger partial charge in [-0.3, -0.25) is 9.59 Å². The first-order valence-corrected chi connectivity index (χ1v) is 8.00. The Bertz CT molecular complexity index is 808. The molecule has 0 fully saturated rings. The maximum absolute atomic E-state index is 12.5. The molecule has 26 heavy (non-hydrogen) atoms. The molecule has 1 aliphatic carbocycles. The van der Waals surface area contributed by atoms with E-state index in [0.29, 0.717) is 11.3 Å². The van der Waals surface area contributed by atoms with E-state index in [9.17, 15) is 15.1 Å². The van der Waals surface area contributed by atoms with Gasteiger partial charge in [0.1, 0.15) is 5.70 Å². The van der Waals surface area contributed by atoms with Crippen LogP contribution in [-0.4, -0.2) is 43.1 Å². The zero-order chi connectivity index (χ0) is 19.1. The number of ether oxygens (including phenoxy) is 2. The first-order chi connectivity index (χ1) is 12.6. The third kappa shape index (κ3) is 3.81. The number of amides is 1. The Balaban J connectivity index is 2.49. The van der Waals surface area contributed by atoms with E-state index >= 15 is 0 Å². The normalized spacial score (nSPS) is 16.3. The summed E-state index contributed by atoms with van der Waals surface area (Å²) >= 11 is 0. The third-order valence-corrected chi connectivity index (χ3v) is 3.78. The molecule has 0 aromatic heterocycles. The van der Waals surface area contributed by atoms with Gasteiger partial charge in [-0.2, -0.15) is 4.79 Å². The topological polar surface area (TPSA) is 113 Å². The summed E-state index contributed by atoms with van der Waals surface area (Å²) in [7, 11) is 3.00. The average molecular weight is 356 g/mol. The molecule has 1 aromatic rings. The Morgan fingerprint density at radius 2 is 1.96 bits per heavy atom. The summed E-state index contributed by atoms with van der Waals surface area (Å²) < 4.78 is 10.4. The molecular weight excluding hydrogens is 336 g/mol. The first-order valence-electron chi connectivity index (χ1n) is 8.00. The van der Waals surface area contributed by atoms with Crippen molar-refractivity contribution in [3.8, 4) is 0 Å². The van der Waals surface area contributed by atoms with Crippen molar-refractivity contribution in [1.29, 1.82) is 0 Å². The van der Waals surface area contributed by atoms with Gasteiger partial charge in [0.25, 0.3) is 5.91 Å². The minimum atomic E-state index is -1.02. The van der Waals surface area contributed by atoms with Gasteiger partial charge < -0.3 is 25.6 Å². The van der Waals surface area contributed by atoms with E-state index in [2.05, 4.69) is 15.4 Å². The standard InChI is InChI=1S/C18H20N4O4/c1-4-26-18(24)14-12(22-19)10-13(25-3)15(16(14)20-2)21-17(23)11-8-6-5-7-9-11/h5-10,14,20H,4H2,1-3H3,(H,21,23). The Hall–Kier alpha value is -3.38. The molecule has 1 amide bonds. The fraction of sp³-hybridized carbons (Fsp3) is 0.278. The minimum Gasteiger partial charge on any atom is -0.494 e. The molecule has 0 saturated carbocycles. The van der Waals surface area contributed by atoms with Gasteiger partial charge in [-0.25, -0.2) is 0 Å². The zero-order valence-corrected chi connectivity index (χ0v) is 14.8. The second kappa shape index (κ2) is 8.64. The second-order valence-corrected chi connectivity index (χ2v) is 5.28. The fourth-order valence-electron chi connectivity index (χ4n) is 2.60. The number of nitrogens with zero attached hydrogens (tertiary/aromatic N) is 2. The predicted octanol–water partition coefficient (Wildman–Crippen LogP) is 1.24. The van der Waals surface area contributed by atoms with Gasteiger partial charge in [-0.1, -0.05) is 18.2 Å². The van der Waals surface area contributed by atoms with Crippen LogP contribution in [-0.2, 0) is 14.3 Å². The fourth-order valence-corrected chi connectivity index (χ4v) is 2.60. The van der Waals surface area contributed by atoms with Crippen molar-refractivity contribution in [2.24, 2.45) is 5.92 Å². The number of carbonyl (C=O) groups is 2. The van der Waals surface area contributed by atoms with Gasteiger partial charge in [0.05, 0.1) is 25.5 Å². The molecule has 8 heteroatoms. The summed E-state index contributed by atoms with van der Waals surface area (Å²) in [4.78, 5) is 28.1. The number of esters is 1. The highest BCUT2D eigenvalue weighted by atomic mass is 16.5. The van der Waals surface area contributed by atoms with Crippen LogP contribution in [0.2, 0.25) is 0 Å². The lowest BCUT2D eigenvalue weighted by Gasteiger charge is -2.24. The van der Waals surface area contributed by atoms with Crippen LogP contribution in [0.4, 0.5) is 0 Å². The number of carbonyl (C=O) groups excluding carboxylic acids is 2. The van der Waals surface area contributed by atoms with Gasteiger partial charge in [-0.05, 0) is 19.1 Å². The molecule has 1 aliphatic rings. The lowest BCUT2D eigenvalue weighted by Crippen LogP contribution is -2.40. The molecule has 1 atom stereocenters. The van der Waals surface area contributed by atoms with Crippen LogP contribution in [0, 0.1) is 5.92 Å². The zero-order valence-electron chi connectivity index (χ0n) is 14.8. The monoisotopic (exact) mass is 356 g/mol. The molecule has 2 N–H and O–H groups in total. The van der Waals surface area contributed by atoms with E-state index in [1.165, 1.54) is 13.2 Å². The lowest BCUT2D eigenvalue weighted by atomic mass is 9.91. The number of benzene rings is 1. The summed E-state index contributed by atoms with van der Waals surface area (Å²) in [5.74, 6) is -1.76. The lowest BCUT2D eigenvalue weighted by molar-refractivity contribution is -0.145. The number of allylic oxidation sites excluding steroid dienone is 1. The number of methoxy groups -OCH3 is 1. The molecule has 1 unspecified atom stereocenters. The van der Waals surface area contributed by atoms with Crippen molar-refractivity contribution in [2.75, 3.05) is 20.8 Å². The van der Waals surface area contributed by atoms with Crippen molar-refractivity contribution >= 4 is 17.6 Å². The van der Waals surface area contributed by atoms with E-state index in [1.54, 1.807) is 44.3 Å². The Morgan fingerprint density at radius 1 is 1.27 bits per heavy atom. The third-order valence-electron chi connectivity index (χ3n) is 3.78. The summed E-state index contributed by atoms with van der Waals surface area (Å²) in [6, 6.07) is 8.62. The number of hydrogen-bond acceptors (Lipinski definition) is 5. The van der Waals surface area contributed by atoms with Crippen LogP contribution in [0.25, 0.3) is 5.53 Å². The van der Waals surface area contributed by atoms with Gasteiger partial charge in [-0.15, -0.1) is 0 Å². The van der Waals surface area contributed by atoms with Gasteiger partial charge >= 0.3 is 11.7 Å². The van der Waals surface area contributed by atoms with Gasteiger partial charge in [0.2, 0.25) is 0 Å². The molecular formula is C18H20N4O4. The molecule has 0 heterocycles. The Kier molecular flexibility index (Phi) is 6.30. The largest absolute Gasteiger partial charge is 0.494 e. The summed E-state index contributed by atoms with van der Waals surface area (Å²) in [6.07, 6.45) is 1.38. The molecule has 8 nitrogen and oxygen atoms in total. The van der Waals surface area contributed by atoms with Crippen LogP contribution in [0.15, 0.2) is 53.6 Å². The summed E-state index contributed by atoms with van der Waals surface area (Å²) in [6.45, 7) is 1.84. The van der Waals surface area contributed by atoms with Crippen molar-refractivity contribution in [3.63, 3.8) is 0 Å². The highest BCUT2D eigenvalue weighted by molar-refractivity contribution is 6.10. The van der Waals surface area contributed by atoms with E-state index in [-0.39, 0.29) is 29.7 Å². The van der Waals surface area contributed by atoms with Crippen molar-refractivity contribution in [3.05, 3.63) is 64.7 Å². The van der Waals surface area contributed by atoms with Crippen molar-refractivity contribution in [1.82, 2.24) is 10.6 Å². The first kappa shape index (κ1) is 19.0. The predicted molar refractivity (Wildman–Crippen MR) is 93.8 cm³/mol. The number of nitrogens with one attached hydrogen (secondary N) is 2. The van der Waals surface area contributed by atoms with Crippen LogP contribution in [0.1, 0.15) is 17.3 Å². The highest BCUT2D eigenvalue weighted by Gasteiger charge is 2.41. The van der Waals surface area contributed by atoms with Crippen molar-refractivity contribution in [2.45, 2.75) is 6.92 Å². The molecule has 0 aliphatic heterocycles. The summed E-state index contributed by atoms with van der Waals surface area (Å²) in [5.41, 5.74) is 10.4. The molecule has 0 bridgehead atoms. The van der Waals surface area contributed by atoms with Crippen LogP contribution in [0.3, 0.4) is 0 Å². The van der Waals surface area contributed by atoms with E-state index in [1.807, 2.05) is 0 Å². The molecule has 136 valence electrons. The molecule has 0 spiro atoms. The quantitative estimate of drug-likeness (QED) is 0.452. The van der Waals surface area contributed by atoms with Crippen LogP contribution >= 0.6 is 0 Å². The Labute approximate surface area is 151 Å². The van der Waals surface area contributed by atoms with E-state index in [4.69, 9.17) is 9.47 Å². The molecule has 0 radical (unpaired) electrons. The maximum atomic E-state index is 12.5. The Morgan fingerprint density at radius 3 is 2.50 bits per heavy atom. The van der Waals surface area contributed by atoms with Crippen LogP contribution in [0.5, 0.6) is 0 Å².